The first-order valence-electron chi connectivity index (χ1n) is 11.3. The van der Waals surface area contributed by atoms with Crippen molar-refractivity contribution in [2.45, 2.75) is 25.3 Å². The molecule has 1 aliphatic rings. The van der Waals surface area contributed by atoms with E-state index in [2.05, 4.69) is 58.7 Å². The number of carbonyl (C=O) groups excluding carboxylic acids is 1. The van der Waals surface area contributed by atoms with E-state index < -0.39 is 0 Å². The summed E-state index contributed by atoms with van der Waals surface area (Å²) in [6, 6.07) is 23.1. The smallest absolute Gasteiger partial charge is 0.266 e. The first kappa shape index (κ1) is 23.5. The van der Waals surface area contributed by atoms with Gasteiger partial charge in [-0.15, -0.1) is 0 Å². The highest BCUT2D eigenvalue weighted by atomic mass is 16.2. The minimum atomic E-state index is -0.217. The summed E-state index contributed by atoms with van der Waals surface area (Å²) >= 11 is 0. The van der Waals surface area contributed by atoms with E-state index in [0.29, 0.717) is 19.6 Å². The number of nitrogens with zero attached hydrogens (tertiary/aromatic N) is 3. The Morgan fingerprint density at radius 1 is 0.969 bits per heavy atom. The molecular formula is C26H32N4O2. The van der Waals surface area contributed by atoms with E-state index in [1.54, 1.807) is 4.90 Å². The fourth-order valence-corrected chi connectivity index (χ4v) is 4.07. The first-order valence-corrected chi connectivity index (χ1v) is 11.3. The number of amides is 1. The van der Waals surface area contributed by atoms with Gasteiger partial charge in [0.05, 0.1) is 6.04 Å². The van der Waals surface area contributed by atoms with Crippen molar-refractivity contribution in [3.8, 4) is 6.07 Å². The third-order valence-corrected chi connectivity index (χ3v) is 5.77. The summed E-state index contributed by atoms with van der Waals surface area (Å²) in [5.41, 5.74) is 2.62. The molecule has 6 nitrogen and oxygen atoms in total. The highest BCUT2D eigenvalue weighted by Gasteiger charge is 2.29. The maximum Gasteiger partial charge on any atom is 0.266 e. The summed E-state index contributed by atoms with van der Waals surface area (Å²) < 4.78 is 0. The molecule has 2 N–H and O–H groups in total. The molecule has 1 heterocycles. The molecule has 3 rings (SSSR count). The number of unbranched alkanes of at least 4 members (excludes halogenated alkanes) is 2. The molecular weight excluding hydrogens is 400 g/mol. The predicted octanol–water partition coefficient (Wildman–Crippen LogP) is 3.08. The fourth-order valence-electron chi connectivity index (χ4n) is 4.07. The zero-order valence-corrected chi connectivity index (χ0v) is 18.5. The van der Waals surface area contributed by atoms with Crippen LogP contribution in [0.5, 0.6) is 0 Å². The zero-order valence-electron chi connectivity index (χ0n) is 18.5. The van der Waals surface area contributed by atoms with Crippen molar-refractivity contribution in [2.75, 3.05) is 39.3 Å². The summed E-state index contributed by atoms with van der Waals surface area (Å²) in [4.78, 5) is 17.0. The van der Waals surface area contributed by atoms with E-state index in [-0.39, 0.29) is 24.1 Å². The molecule has 0 atom stereocenters. The molecule has 168 valence electrons. The van der Waals surface area contributed by atoms with Gasteiger partial charge in [-0.05, 0) is 30.4 Å². The van der Waals surface area contributed by atoms with Crippen LogP contribution in [0.4, 0.5) is 0 Å². The molecule has 1 amide bonds. The van der Waals surface area contributed by atoms with Crippen LogP contribution in [0, 0.1) is 11.3 Å². The van der Waals surface area contributed by atoms with Gasteiger partial charge < -0.3 is 15.3 Å². The maximum atomic E-state index is 12.9. The van der Waals surface area contributed by atoms with Crippen LogP contribution >= 0.6 is 0 Å². The number of carbonyl (C=O) groups is 1. The number of hydrogen-bond donors (Lipinski definition) is 2. The molecule has 0 spiro atoms. The molecule has 2 aromatic rings. The average Bonchev–Trinajstić information content (AvgIpc) is 2.85. The van der Waals surface area contributed by atoms with Gasteiger partial charge in [-0.1, -0.05) is 60.7 Å². The zero-order chi connectivity index (χ0) is 22.6. The van der Waals surface area contributed by atoms with Crippen LogP contribution in [-0.2, 0) is 4.79 Å². The van der Waals surface area contributed by atoms with E-state index in [1.165, 1.54) is 17.3 Å². The molecule has 1 saturated heterocycles. The van der Waals surface area contributed by atoms with Gasteiger partial charge in [0.1, 0.15) is 11.6 Å². The number of aliphatic hydroxyl groups excluding tert-OH is 1. The van der Waals surface area contributed by atoms with Crippen LogP contribution < -0.4 is 5.32 Å². The normalized spacial score (nSPS) is 14.9. The molecule has 0 saturated carbocycles. The van der Waals surface area contributed by atoms with Gasteiger partial charge in [-0.25, -0.2) is 0 Å². The van der Waals surface area contributed by atoms with Crippen molar-refractivity contribution >= 4 is 5.91 Å². The van der Waals surface area contributed by atoms with Crippen molar-refractivity contribution in [1.29, 1.82) is 5.26 Å². The van der Waals surface area contributed by atoms with Gasteiger partial charge in [0.15, 0.2) is 0 Å². The third kappa shape index (κ3) is 6.43. The summed E-state index contributed by atoms with van der Waals surface area (Å²) in [5.74, 6) is -0.217. The van der Waals surface area contributed by atoms with Crippen LogP contribution in [0.2, 0.25) is 0 Å². The van der Waals surface area contributed by atoms with Gasteiger partial charge in [-0.3, -0.25) is 9.69 Å². The Morgan fingerprint density at radius 2 is 1.56 bits per heavy atom. The molecule has 0 aromatic heterocycles. The second-order valence-corrected chi connectivity index (χ2v) is 7.96. The lowest BCUT2D eigenvalue weighted by Crippen LogP contribution is -2.50. The van der Waals surface area contributed by atoms with Crippen LogP contribution in [-0.4, -0.2) is 60.1 Å². The van der Waals surface area contributed by atoms with E-state index in [9.17, 15) is 10.1 Å². The summed E-state index contributed by atoms with van der Waals surface area (Å²) in [6.45, 7) is 3.54. The Hall–Kier alpha value is -3.14. The molecule has 32 heavy (non-hydrogen) atoms. The topological polar surface area (TPSA) is 79.6 Å². The number of benzene rings is 2. The first-order chi connectivity index (χ1) is 15.7. The molecule has 0 radical (unpaired) electrons. The quantitative estimate of drug-likeness (QED) is 0.343. The maximum absolute atomic E-state index is 12.9. The lowest BCUT2D eigenvalue weighted by molar-refractivity contribution is -0.128. The second kappa shape index (κ2) is 12.7. The van der Waals surface area contributed by atoms with Crippen molar-refractivity contribution < 1.29 is 9.90 Å². The average molecular weight is 433 g/mol. The highest BCUT2D eigenvalue weighted by molar-refractivity contribution is 5.97. The van der Waals surface area contributed by atoms with Crippen LogP contribution in [0.1, 0.15) is 36.4 Å². The van der Waals surface area contributed by atoms with Crippen LogP contribution in [0.15, 0.2) is 72.4 Å². The van der Waals surface area contributed by atoms with Crippen molar-refractivity contribution in [3.63, 3.8) is 0 Å². The molecule has 0 bridgehead atoms. The molecule has 1 fully saturated rings. The van der Waals surface area contributed by atoms with Crippen molar-refractivity contribution in [1.82, 2.24) is 15.1 Å². The monoisotopic (exact) mass is 432 g/mol. The largest absolute Gasteiger partial charge is 0.396 e. The van der Waals surface area contributed by atoms with Gasteiger partial charge in [-0.2, -0.15) is 5.26 Å². The number of piperazine rings is 1. The predicted molar refractivity (Wildman–Crippen MR) is 126 cm³/mol. The minimum absolute atomic E-state index is 0.140. The minimum Gasteiger partial charge on any atom is -0.396 e. The van der Waals surface area contributed by atoms with Crippen molar-refractivity contribution in [2.24, 2.45) is 0 Å². The lowest BCUT2D eigenvalue weighted by atomic mass is 9.96. The fraction of sp³-hybridized carbons (Fsp3) is 0.385. The number of hydrogen-bond acceptors (Lipinski definition) is 5. The van der Waals surface area contributed by atoms with Gasteiger partial charge in [0.25, 0.3) is 5.91 Å². The Balaban J connectivity index is 1.61. The van der Waals surface area contributed by atoms with Gasteiger partial charge in [0.2, 0.25) is 0 Å². The lowest BCUT2D eigenvalue weighted by Gasteiger charge is -2.39. The second-order valence-electron chi connectivity index (χ2n) is 7.96. The van der Waals surface area contributed by atoms with E-state index in [4.69, 9.17) is 5.11 Å². The molecule has 0 unspecified atom stereocenters. The molecule has 1 aliphatic heterocycles. The Kier molecular flexibility index (Phi) is 9.30. The van der Waals surface area contributed by atoms with E-state index in [0.717, 1.165) is 32.4 Å². The van der Waals surface area contributed by atoms with E-state index >= 15 is 0 Å². The number of nitriles is 1. The number of nitrogens with one attached hydrogen (secondary N) is 1. The Labute approximate surface area is 190 Å². The molecule has 2 aromatic carbocycles. The number of rotatable bonds is 10. The Morgan fingerprint density at radius 3 is 2.09 bits per heavy atom. The SMILES string of the molecule is N#C/C(=C/NCCCCCO)C(=O)N1CCN(C(c2ccccc2)c2ccccc2)CC1. The summed E-state index contributed by atoms with van der Waals surface area (Å²) in [7, 11) is 0. The van der Waals surface area contributed by atoms with Crippen LogP contribution in [0.25, 0.3) is 0 Å². The Bertz CT molecular complexity index is 861. The van der Waals surface area contributed by atoms with Crippen LogP contribution in [0.3, 0.4) is 0 Å². The standard InChI is InChI=1S/C26H32N4O2/c27-20-24(21-28-14-8-3-9-19-31)26(32)30-17-15-29(16-18-30)25(22-10-4-1-5-11-22)23-12-6-2-7-13-23/h1-2,4-7,10-13,21,25,28,31H,3,8-9,14-19H2/b24-21-. The molecule has 6 heteroatoms. The highest BCUT2D eigenvalue weighted by Crippen LogP contribution is 2.29. The summed E-state index contributed by atoms with van der Waals surface area (Å²) in [6.07, 6.45) is 4.11. The summed E-state index contributed by atoms with van der Waals surface area (Å²) in [5, 5.41) is 21.3. The van der Waals surface area contributed by atoms with Crippen molar-refractivity contribution in [3.05, 3.63) is 83.6 Å². The molecule has 0 aliphatic carbocycles. The van der Waals surface area contributed by atoms with Gasteiger partial charge >= 0.3 is 0 Å². The van der Waals surface area contributed by atoms with Gasteiger partial charge in [0, 0.05) is 45.5 Å². The number of aliphatic hydroxyl groups is 1. The van der Waals surface area contributed by atoms with E-state index in [1.807, 2.05) is 18.2 Å². The third-order valence-electron chi connectivity index (χ3n) is 5.77.